The molecule has 3 fully saturated rings. The Morgan fingerprint density at radius 3 is 1.34 bits per heavy atom. The van der Waals surface area contributed by atoms with Gasteiger partial charge in [0, 0.05) is 0 Å². The van der Waals surface area contributed by atoms with Gasteiger partial charge in [0.1, 0.15) is 0 Å². The molecule has 3 aliphatic carbocycles. The third-order valence-corrected chi connectivity index (χ3v) is 9.37. The highest BCUT2D eigenvalue weighted by Crippen LogP contribution is 2.43. The predicted molar refractivity (Wildman–Crippen MR) is 129 cm³/mol. The molecule has 0 aromatic rings. The minimum absolute atomic E-state index is 1.01. The van der Waals surface area contributed by atoms with E-state index in [2.05, 4.69) is 19.6 Å². The molecule has 0 amide bonds. The molecule has 168 valence electrons. The van der Waals surface area contributed by atoms with Crippen molar-refractivity contribution in [3.8, 4) is 0 Å². The van der Waals surface area contributed by atoms with Crippen LogP contribution in [0.5, 0.6) is 0 Å². The Morgan fingerprint density at radius 1 is 0.552 bits per heavy atom. The van der Waals surface area contributed by atoms with Crippen LogP contribution in [0.15, 0.2) is 12.7 Å². The van der Waals surface area contributed by atoms with E-state index in [1.54, 1.807) is 57.8 Å². The summed E-state index contributed by atoms with van der Waals surface area (Å²) >= 11 is 0. The molecule has 0 aliphatic heterocycles. The molecule has 29 heavy (non-hydrogen) atoms. The summed E-state index contributed by atoms with van der Waals surface area (Å²) in [6.45, 7) is 6.25. The molecule has 0 radical (unpaired) electrons. The fourth-order valence-electron chi connectivity index (χ4n) is 7.33. The molecular weight excluding hydrogens is 348 g/mol. The van der Waals surface area contributed by atoms with Gasteiger partial charge in [0.05, 0.1) is 0 Å². The van der Waals surface area contributed by atoms with Crippen molar-refractivity contribution in [2.75, 3.05) is 0 Å². The van der Waals surface area contributed by atoms with Gasteiger partial charge in [-0.2, -0.15) is 0 Å². The fraction of sp³-hybridized carbons (Fsp3) is 0.931. The predicted octanol–water partition coefficient (Wildman–Crippen LogP) is 9.73. The number of allylic oxidation sites excluding steroid dienone is 1. The molecule has 3 aliphatic rings. The van der Waals surface area contributed by atoms with Crippen molar-refractivity contribution in [3.05, 3.63) is 12.7 Å². The van der Waals surface area contributed by atoms with Crippen LogP contribution in [-0.4, -0.2) is 0 Å². The molecule has 0 unspecified atom stereocenters. The summed E-state index contributed by atoms with van der Waals surface area (Å²) in [6, 6.07) is 0. The lowest BCUT2D eigenvalue weighted by Gasteiger charge is -2.38. The standard InChI is InChI=1S/C29H52/c1-3-5-9-25-12-14-26(15-13-25)10-6-7-11-27-18-22-29(23-19-27)28-20-16-24(8-4-2)17-21-28/h3,24-29H,1,4-23H2,2H3/t24-,25-,26-,27?,28-,29?. The van der Waals surface area contributed by atoms with Gasteiger partial charge in [0.2, 0.25) is 0 Å². The molecule has 0 heteroatoms. The van der Waals surface area contributed by atoms with Crippen LogP contribution >= 0.6 is 0 Å². The number of unbranched alkanes of at least 4 members (excludes halogenated alkanes) is 1. The molecule has 0 bridgehead atoms. The lowest BCUT2D eigenvalue weighted by Crippen LogP contribution is -2.25. The van der Waals surface area contributed by atoms with E-state index in [0.717, 1.165) is 35.5 Å². The quantitative estimate of drug-likeness (QED) is 0.239. The Bertz CT molecular complexity index is 413. The average molecular weight is 401 g/mol. The molecule has 0 saturated heterocycles. The van der Waals surface area contributed by atoms with Gasteiger partial charge in [0.25, 0.3) is 0 Å². The molecular formula is C29H52. The van der Waals surface area contributed by atoms with Crippen LogP contribution in [0.4, 0.5) is 0 Å². The van der Waals surface area contributed by atoms with Gasteiger partial charge in [-0.1, -0.05) is 103 Å². The normalized spacial score (nSPS) is 36.0. The van der Waals surface area contributed by atoms with Crippen molar-refractivity contribution in [3.63, 3.8) is 0 Å². The van der Waals surface area contributed by atoms with Crippen LogP contribution in [0.25, 0.3) is 0 Å². The SMILES string of the molecule is C=CCC[C@H]1CC[C@H](CCCCC2CCC([C@H]3CC[C@H](CCC)CC3)CC2)CC1. The molecule has 0 aromatic carbocycles. The Labute approximate surface area is 183 Å². The summed E-state index contributed by atoms with van der Waals surface area (Å²) in [5, 5.41) is 0. The Balaban J connectivity index is 1.20. The van der Waals surface area contributed by atoms with Crippen molar-refractivity contribution in [2.24, 2.45) is 35.5 Å². The number of rotatable bonds is 11. The van der Waals surface area contributed by atoms with Crippen LogP contribution in [-0.2, 0) is 0 Å². The van der Waals surface area contributed by atoms with E-state index in [-0.39, 0.29) is 0 Å². The van der Waals surface area contributed by atoms with E-state index in [0.29, 0.717) is 0 Å². The Hall–Kier alpha value is -0.260. The maximum absolute atomic E-state index is 3.88. The highest BCUT2D eigenvalue weighted by atomic mass is 14.4. The minimum atomic E-state index is 1.01. The zero-order valence-electron chi connectivity index (χ0n) is 19.9. The zero-order chi connectivity index (χ0) is 20.3. The molecule has 0 atom stereocenters. The highest BCUT2D eigenvalue weighted by Gasteiger charge is 2.30. The van der Waals surface area contributed by atoms with Gasteiger partial charge < -0.3 is 0 Å². The van der Waals surface area contributed by atoms with Crippen LogP contribution in [0.3, 0.4) is 0 Å². The van der Waals surface area contributed by atoms with Gasteiger partial charge in [0.15, 0.2) is 0 Å². The first-order valence-electron chi connectivity index (χ1n) is 13.9. The summed E-state index contributed by atoms with van der Waals surface area (Å²) in [6.07, 6.45) is 32.3. The maximum Gasteiger partial charge on any atom is -0.0351 e. The minimum Gasteiger partial charge on any atom is -0.103 e. The summed E-state index contributed by atoms with van der Waals surface area (Å²) in [4.78, 5) is 0. The largest absolute Gasteiger partial charge is 0.103 e. The monoisotopic (exact) mass is 400 g/mol. The second-order valence-electron chi connectivity index (χ2n) is 11.4. The first-order valence-corrected chi connectivity index (χ1v) is 13.9. The van der Waals surface area contributed by atoms with Gasteiger partial charge in [-0.05, 0) is 74.0 Å². The highest BCUT2D eigenvalue weighted by molar-refractivity contribution is 4.82. The van der Waals surface area contributed by atoms with Gasteiger partial charge in [-0.25, -0.2) is 0 Å². The van der Waals surface area contributed by atoms with Crippen molar-refractivity contribution >= 4 is 0 Å². The lowest BCUT2D eigenvalue weighted by atomic mass is 9.68. The van der Waals surface area contributed by atoms with E-state index >= 15 is 0 Å². The smallest absolute Gasteiger partial charge is 0.0351 e. The average Bonchev–Trinajstić information content (AvgIpc) is 2.77. The first-order chi connectivity index (χ1) is 14.3. The molecule has 3 rings (SSSR count). The molecule has 0 heterocycles. The lowest BCUT2D eigenvalue weighted by molar-refractivity contribution is 0.140. The van der Waals surface area contributed by atoms with Crippen molar-refractivity contribution in [2.45, 2.75) is 135 Å². The van der Waals surface area contributed by atoms with E-state index < -0.39 is 0 Å². The van der Waals surface area contributed by atoms with E-state index in [4.69, 9.17) is 0 Å². The fourth-order valence-corrected chi connectivity index (χ4v) is 7.33. The summed E-state index contributed by atoms with van der Waals surface area (Å²) in [5.74, 6) is 6.44. The zero-order valence-corrected chi connectivity index (χ0v) is 19.9. The summed E-state index contributed by atoms with van der Waals surface area (Å²) < 4.78 is 0. The van der Waals surface area contributed by atoms with Crippen LogP contribution in [0.2, 0.25) is 0 Å². The van der Waals surface area contributed by atoms with Crippen molar-refractivity contribution < 1.29 is 0 Å². The molecule has 0 aromatic heterocycles. The third kappa shape index (κ3) is 8.06. The van der Waals surface area contributed by atoms with Gasteiger partial charge in [-0.15, -0.1) is 6.58 Å². The molecule has 3 saturated carbocycles. The second kappa shape index (κ2) is 13.2. The van der Waals surface area contributed by atoms with Gasteiger partial charge >= 0.3 is 0 Å². The topological polar surface area (TPSA) is 0 Å². The van der Waals surface area contributed by atoms with Crippen LogP contribution in [0, 0.1) is 35.5 Å². The third-order valence-electron chi connectivity index (χ3n) is 9.37. The Morgan fingerprint density at radius 2 is 0.931 bits per heavy atom. The van der Waals surface area contributed by atoms with Crippen molar-refractivity contribution in [1.82, 2.24) is 0 Å². The number of hydrogen-bond acceptors (Lipinski definition) is 0. The Kier molecular flexibility index (Phi) is 10.7. The maximum atomic E-state index is 3.88. The van der Waals surface area contributed by atoms with Crippen LogP contribution < -0.4 is 0 Å². The molecule has 0 N–H and O–H groups in total. The van der Waals surface area contributed by atoms with Crippen molar-refractivity contribution in [1.29, 1.82) is 0 Å². The van der Waals surface area contributed by atoms with Crippen LogP contribution in [0.1, 0.15) is 135 Å². The van der Waals surface area contributed by atoms with E-state index in [1.807, 2.05) is 0 Å². The second-order valence-corrected chi connectivity index (χ2v) is 11.4. The summed E-state index contributed by atoms with van der Waals surface area (Å²) in [7, 11) is 0. The number of hydrogen-bond donors (Lipinski definition) is 0. The van der Waals surface area contributed by atoms with E-state index in [9.17, 15) is 0 Å². The first kappa shape index (κ1) is 23.4. The molecule has 0 nitrogen and oxygen atoms in total. The van der Waals surface area contributed by atoms with E-state index in [1.165, 1.54) is 70.6 Å². The summed E-state index contributed by atoms with van der Waals surface area (Å²) in [5.41, 5.74) is 0. The molecule has 0 spiro atoms. The van der Waals surface area contributed by atoms with Gasteiger partial charge in [-0.3, -0.25) is 0 Å².